The van der Waals surface area contributed by atoms with Crippen molar-refractivity contribution in [2.45, 2.75) is 25.7 Å². The zero-order valence-electron chi connectivity index (χ0n) is 13.4. The van der Waals surface area contributed by atoms with Gasteiger partial charge in [-0.15, -0.1) is 0 Å². The minimum atomic E-state index is -0.709. The number of carbonyl (C=O) groups excluding carboxylic acids is 2. The van der Waals surface area contributed by atoms with Crippen LogP contribution in [0.2, 0.25) is 0 Å². The van der Waals surface area contributed by atoms with Gasteiger partial charge in [-0.2, -0.15) is 0 Å². The molecule has 5 heteroatoms. The van der Waals surface area contributed by atoms with E-state index in [-0.39, 0.29) is 18.9 Å². The third kappa shape index (κ3) is 3.46. The number of benzene rings is 2. The molecule has 5 nitrogen and oxygen atoms in total. The van der Waals surface area contributed by atoms with Crippen LogP contribution in [0.15, 0.2) is 54.6 Å². The summed E-state index contributed by atoms with van der Waals surface area (Å²) in [5, 5.41) is 9.79. The molecule has 1 aliphatic heterocycles. The van der Waals surface area contributed by atoms with Gasteiger partial charge in [0.15, 0.2) is 6.23 Å². The van der Waals surface area contributed by atoms with E-state index >= 15 is 0 Å². The highest BCUT2D eigenvalue weighted by molar-refractivity contribution is 5.95. The normalized spacial score (nSPS) is 20.0. The molecule has 1 saturated heterocycles. The van der Waals surface area contributed by atoms with E-state index in [0.717, 1.165) is 11.1 Å². The fraction of sp³-hybridized carbons (Fsp3) is 0.263. The molecule has 1 fully saturated rings. The molecule has 0 spiro atoms. The Balaban J connectivity index is 1.78. The van der Waals surface area contributed by atoms with Gasteiger partial charge in [-0.3, -0.25) is 9.59 Å². The van der Waals surface area contributed by atoms with Crippen LogP contribution < -0.4 is 0 Å². The number of ether oxygens (including phenoxy) is 1. The summed E-state index contributed by atoms with van der Waals surface area (Å²) in [6, 6.07) is 17.2. The molecule has 2 aromatic carbocycles. The lowest BCUT2D eigenvalue weighted by Gasteiger charge is -2.23. The molecule has 2 atom stereocenters. The third-order valence-electron chi connectivity index (χ3n) is 4.03. The van der Waals surface area contributed by atoms with Crippen molar-refractivity contribution >= 4 is 11.9 Å². The number of likely N-dealkylation sites (tertiary alicyclic amines) is 1. The van der Waals surface area contributed by atoms with Gasteiger partial charge in [-0.05, 0) is 23.3 Å². The van der Waals surface area contributed by atoms with Gasteiger partial charge in [0.2, 0.25) is 0 Å². The maximum Gasteiger partial charge on any atom is 0.304 e. The van der Waals surface area contributed by atoms with Gasteiger partial charge in [0.05, 0.1) is 12.6 Å². The third-order valence-corrected chi connectivity index (χ3v) is 4.03. The smallest absolute Gasteiger partial charge is 0.304 e. The Hall–Kier alpha value is -2.66. The van der Waals surface area contributed by atoms with Gasteiger partial charge in [0, 0.05) is 18.9 Å². The van der Waals surface area contributed by atoms with Crippen molar-refractivity contribution < 1.29 is 19.4 Å². The Kier molecular flexibility index (Phi) is 4.62. The number of esters is 1. The average molecular weight is 325 g/mol. The Bertz CT molecular complexity index is 727. The van der Waals surface area contributed by atoms with Crippen LogP contribution in [0.1, 0.15) is 23.7 Å². The van der Waals surface area contributed by atoms with Crippen molar-refractivity contribution in [2.75, 3.05) is 6.54 Å². The van der Waals surface area contributed by atoms with Crippen molar-refractivity contribution in [3.05, 3.63) is 60.2 Å². The second-order valence-electron chi connectivity index (χ2n) is 5.85. The van der Waals surface area contributed by atoms with Crippen LogP contribution in [0.3, 0.4) is 0 Å². The molecule has 0 aromatic heterocycles. The number of rotatable bonds is 3. The quantitative estimate of drug-likeness (QED) is 0.880. The second kappa shape index (κ2) is 6.84. The van der Waals surface area contributed by atoms with Crippen molar-refractivity contribution in [1.29, 1.82) is 0 Å². The van der Waals surface area contributed by atoms with Crippen LogP contribution in [0.25, 0.3) is 11.1 Å². The number of carbonyl (C=O) groups is 2. The molecule has 1 aliphatic rings. The molecule has 0 radical (unpaired) electrons. The summed E-state index contributed by atoms with van der Waals surface area (Å²) < 4.78 is 5.14. The summed E-state index contributed by atoms with van der Waals surface area (Å²) in [5.74, 6) is -0.719. The molecular weight excluding hydrogens is 306 g/mol. The van der Waals surface area contributed by atoms with Crippen LogP contribution in [-0.4, -0.2) is 40.8 Å². The zero-order chi connectivity index (χ0) is 17.1. The molecule has 24 heavy (non-hydrogen) atoms. The van der Waals surface area contributed by atoms with Crippen molar-refractivity contribution in [2.24, 2.45) is 0 Å². The summed E-state index contributed by atoms with van der Waals surface area (Å²) in [4.78, 5) is 25.2. The molecule has 124 valence electrons. The van der Waals surface area contributed by atoms with E-state index in [2.05, 4.69) is 0 Å². The van der Waals surface area contributed by atoms with Crippen molar-refractivity contribution in [1.82, 2.24) is 4.90 Å². The largest absolute Gasteiger partial charge is 0.442 e. The molecule has 1 N–H and O–H groups in total. The molecule has 1 heterocycles. The van der Waals surface area contributed by atoms with Crippen LogP contribution in [0.5, 0.6) is 0 Å². The fourth-order valence-electron chi connectivity index (χ4n) is 2.90. The van der Waals surface area contributed by atoms with Crippen LogP contribution in [0, 0.1) is 0 Å². The van der Waals surface area contributed by atoms with Crippen molar-refractivity contribution in [3.8, 4) is 11.1 Å². The highest BCUT2D eigenvalue weighted by Crippen LogP contribution is 2.24. The van der Waals surface area contributed by atoms with Gasteiger partial charge in [0.1, 0.15) is 0 Å². The van der Waals surface area contributed by atoms with Gasteiger partial charge >= 0.3 is 5.97 Å². The first-order valence-corrected chi connectivity index (χ1v) is 7.86. The number of nitrogens with zero attached hydrogens (tertiary/aromatic N) is 1. The van der Waals surface area contributed by atoms with E-state index in [9.17, 15) is 14.7 Å². The number of hydrogen-bond donors (Lipinski definition) is 1. The highest BCUT2D eigenvalue weighted by Gasteiger charge is 2.36. The number of hydrogen-bond acceptors (Lipinski definition) is 4. The molecule has 0 saturated carbocycles. The van der Waals surface area contributed by atoms with Gasteiger partial charge in [-0.1, -0.05) is 42.5 Å². The van der Waals surface area contributed by atoms with Gasteiger partial charge in [0.25, 0.3) is 5.91 Å². The van der Waals surface area contributed by atoms with E-state index < -0.39 is 18.3 Å². The van der Waals surface area contributed by atoms with Crippen LogP contribution in [0.4, 0.5) is 0 Å². The number of aliphatic hydroxyl groups is 1. The summed E-state index contributed by atoms with van der Waals surface area (Å²) in [7, 11) is 0. The Labute approximate surface area is 140 Å². The molecule has 2 unspecified atom stereocenters. The molecule has 0 aliphatic carbocycles. The Morgan fingerprint density at radius 1 is 1.04 bits per heavy atom. The van der Waals surface area contributed by atoms with E-state index in [1.807, 2.05) is 42.5 Å². The Morgan fingerprint density at radius 3 is 2.29 bits per heavy atom. The number of aliphatic hydroxyl groups excluding tert-OH is 1. The molecule has 3 rings (SSSR count). The maximum absolute atomic E-state index is 12.7. The van der Waals surface area contributed by atoms with Crippen LogP contribution in [-0.2, 0) is 9.53 Å². The summed E-state index contributed by atoms with van der Waals surface area (Å²) >= 11 is 0. The average Bonchev–Trinajstić information content (AvgIpc) is 2.95. The topological polar surface area (TPSA) is 66.8 Å². The zero-order valence-corrected chi connectivity index (χ0v) is 13.4. The van der Waals surface area contributed by atoms with E-state index in [0.29, 0.717) is 5.56 Å². The predicted octanol–water partition coefficient (Wildman–Crippen LogP) is 2.45. The summed E-state index contributed by atoms with van der Waals surface area (Å²) in [6.07, 6.45) is -1.14. The molecular formula is C19H19NO4. The molecule has 1 amide bonds. The van der Waals surface area contributed by atoms with E-state index in [1.165, 1.54) is 11.8 Å². The van der Waals surface area contributed by atoms with E-state index in [4.69, 9.17) is 4.74 Å². The van der Waals surface area contributed by atoms with E-state index in [1.54, 1.807) is 12.1 Å². The SMILES string of the molecule is CC(=O)OC1CC(O)CN1C(=O)c1ccc(-c2ccccc2)cc1. The highest BCUT2D eigenvalue weighted by atomic mass is 16.6. The molecule has 0 bridgehead atoms. The maximum atomic E-state index is 12.7. The van der Waals surface area contributed by atoms with Crippen LogP contribution >= 0.6 is 0 Å². The van der Waals surface area contributed by atoms with Gasteiger partial charge < -0.3 is 14.7 Å². The second-order valence-corrected chi connectivity index (χ2v) is 5.85. The summed E-state index contributed by atoms with van der Waals surface area (Å²) in [6.45, 7) is 1.46. The lowest BCUT2D eigenvalue weighted by molar-refractivity contribution is -0.151. The molecule has 2 aromatic rings. The number of β-amino-alcohol motifs (C(OH)–C–C–N with tert-alkyl or cyclic N) is 1. The summed E-state index contributed by atoms with van der Waals surface area (Å²) in [5.41, 5.74) is 2.59. The predicted molar refractivity (Wildman–Crippen MR) is 89.1 cm³/mol. The van der Waals surface area contributed by atoms with Crippen molar-refractivity contribution in [3.63, 3.8) is 0 Å². The number of amides is 1. The standard InChI is InChI=1S/C19H19NO4/c1-13(21)24-18-11-17(22)12-20(18)19(23)16-9-7-15(8-10-16)14-5-3-2-4-6-14/h2-10,17-18,22H,11-12H2,1H3. The minimum Gasteiger partial charge on any atom is -0.442 e. The fourth-order valence-corrected chi connectivity index (χ4v) is 2.90. The monoisotopic (exact) mass is 325 g/mol. The first-order valence-electron chi connectivity index (χ1n) is 7.86. The lowest BCUT2D eigenvalue weighted by atomic mass is 10.0. The minimum absolute atomic E-state index is 0.164. The van der Waals surface area contributed by atoms with Gasteiger partial charge in [-0.25, -0.2) is 0 Å². The Morgan fingerprint density at radius 2 is 1.67 bits per heavy atom. The lowest BCUT2D eigenvalue weighted by Crippen LogP contribution is -2.38. The first-order chi connectivity index (χ1) is 11.5. The first kappa shape index (κ1) is 16.2.